The lowest BCUT2D eigenvalue weighted by molar-refractivity contribution is 0.117. The van der Waals surface area contributed by atoms with Gasteiger partial charge in [-0.2, -0.15) is 0 Å². The molecule has 0 bridgehead atoms. The zero-order valence-electron chi connectivity index (χ0n) is 12.6. The third-order valence-electron chi connectivity index (χ3n) is 3.59. The first kappa shape index (κ1) is 15.1. The van der Waals surface area contributed by atoms with Crippen molar-refractivity contribution in [3.8, 4) is 0 Å². The van der Waals surface area contributed by atoms with Gasteiger partial charge in [0.25, 0.3) is 0 Å². The number of hydrogen-bond acceptors (Lipinski definition) is 2. The number of benzene rings is 1. The van der Waals surface area contributed by atoms with Crippen molar-refractivity contribution < 1.29 is 4.74 Å². The van der Waals surface area contributed by atoms with Crippen molar-refractivity contribution in [2.75, 3.05) is 19.8 Å². The molecule has 2 N–H and O–H groups in total. The number of hydrogen-bond donors (Lipinski definition) is 1. The van der Waals surface area contributed by atoms with E-state index in [0.29, 0.717) is 12.5 Å². The maximum Gasteiger partial charge on any atom is 0.0645 e. The van der Waals surface area contributed by atoms with Gasteiger partial charge in [-0.05, 0) is 48.4 Å². The predicted octanol–water partition coefficient (Wildman–Crippen LogP) is 3.21. The smallest absolute Gasteiger partial charge is 0.0645 e. The molecule has 0 aliphatic heterocycles. The van der Waals surface area contributed by atoms with Crippen LogP contribution < -0.4 is 5.73 Å². The Morgan fingerprint density at radius 1 is 1.20 bits per heavy atom. The van der Waals surface area contributed by atoms with Crippen LogP contribution in [-0.4, -0.2) is 24.3 Å². The first-order chi connectivity index (χ1) is 9.70. The Morgan fingerprint density at radius 3 is 2.80 bits per heavy atom. The summed E-state index contributed by atoms with van der Waals surface area (Å²) < 4.78 is 7.97. The summed E-state index contributed by atoms with van der Waals surface area (Å²) in [6.07, 6.45) is 4.21. The van der Waals surface area contributed by atoms with E-state index < -0.39 is 0 Å². The van der Waals surface area contributed by atoms with E-state index in [1.807, 2.05) is 0 Å². The molecule has 0 saturated heterocycles. The summed E-state index contributed by atoms with van der Waals surface area (Å²) >= 11 is 0. The standard InChI is InChI=1S/C17H26N2O/c1-14(2)7-11-20-12-10-19-9-6-16-4-3-15(5-8-18)13-17(16)19/h3-4,6,9,13-14H,5,7-8,10-12,18H2,1-2H3. The normalized spacial score (nSPS) is 11.6. The summed E-state index contributed by atoms with van der Waals surface area (Å²) in [6, 6.07) is 8.75. The van der Waals surface area contributed by atoms with Crippen LogP contribution in [0.2, 0.25) is 0 Å². The van der Waals surface area contributed by atoms with Crippen LogP contribution in [0.15, 0.2) is 30.5 Å². The largest absolute Gasteiger partial charge is 0.380 e. The summed E-state index contributed by atoms with van der Waals surface area (Å²) in [5.74, 6) is 0.709. The molecule has 0 unspecified atom stereocenters. The molecule has 0 radical (unpaired) electrons. The van der Waals surface area contributed by atoms with Gasteiger partial charge in [-0.25, -0.2) is 0 Å². The first-order valence-electron chi connectivity index (χ1n) is 7.56. The molecule has 0 spiro atoms. The zero-order chi connectivity index (χ0) is 14.4. The summed E-state index contributed by atoms with van der Waals surface area (Å²) in [5.41, 5.74) is 8.22. The fraction of sp³-hybridized carbons (Fsp3) is 0.529. The van der Waals surface area contributed by atoms with Gasteiger partial charge in [0.15, 0.2) is 0 Å². The van der Waals surface area contributed by atoms with Crippen LogP contribution in [0.3, 0.4) is 0 Å². The van der Waals surface area contributed by atoms with E-state index in [4.69, 9.17) is 10.5 Å². The SMILES string of the molecule is CC(C)CCOCCn1ccc2ccc(CCN)cc21. The van der Waals surface area contributed by atoms with Gasteiger partial charge in [0, 0.05) is 24.9 Å². The molecule has 110 valence electrons. The molecule has 1 aromatic heterocycles. The fourth-order valence-electron chi connectivity index (χ4n) is 2.33. The molecule has 1 aromatic carbocycles. The van der Waals surface area contributed by atoms with Crippen molar-refractivity contribution in [1.29, 1.82) is 0 Å². The van der Waals surface area contributed by atoms with E-state index in [1.54, 1.807) is 0 Å². The molecule has 0 fully saturated rings. The monoisotopic (exact) mass is 274 g/mol. The molecule has 0 saturated carbocycles. The second-order valence-electron chi connectivity index (χ2n) is 5.74. The van der Waals surface area contributed by atoms with Crippen LogP contribution in [-0.2, 0) is 17.7 Å². The van der Waals surface area contributed by atoms with Gasteiger partial charge < -0.3 is 15.0 Å². The molecule has 3 heteroatoms. The summed E-state index contributed by atoms with van der Waals surface area (Å²) in [4.78, 5) is 0. The van der Waals surface area contributed by atoms with Crippen LogP contribution in [0.5, 0.6) is 0 Å². The molecule has 0 atom stereocenters. The van der Waals surface area contributed by atoms with Gasteiger partial charge in [-0.3, -0.25) is 0 Å². The van der Waals surface area contributed by atoms with Crippen molar-refractivity contribution in [2.45, 2.75) is 33.2 Å². The van der Waals surface area contributed by atoms with Gasteiger partial charge in [0.1, 0.15) is 0 Å². The van der Waals surface area contributed by atoms with Crippen LogP contribution in [0.1, 0.15) is 25.8 Å². The van der Waals surface area contributed by atoms with E-state index in [2.05, 4.69) is 48.9 Å². The number of rotatable bonds is 8. The molecule has 20 heavy (non-hydrogen) atoms. The summed E-state index contributed by atoms with van der Waals surface area (Å²) in [6.45, 7) is 7.69. The minimum absolute atomic E-state index is 0.699. The van der Waals surface area contributed by atoms with E-state index in [1.165, 1.54) is 16.5 Å². The average Bonchev–Trinajstić information content (AvgIpc) is 2.81. The molecular formula is C17H26N2O. The molecular weight excluding hydrogens is 248 g/mol. The lowest BCUT2D eigenvalue weighted by atomic mass is 10.1. The fourth-order valence-corrected chi connectivity index (χ4v) is 2.33. The highest BCUT2D eigenvalue weighted by Crippen LogP contribution is 2.18. The first-order valence-corrected chi connectivity index (χ1v) is 7.56. The minimum Gasteiger partial charge on any atom is -0.380 e. The van der Waals surface area contributed by atoms with Gasteiger partial charge in [0.2, 0.25) is 0 Å². The third-order valence-corrected chi connectivity index (χ3v) is 3.59. The van der Waals surface area contributed by atoms with Crippen molar-refractivity contribution >= 4 is 10.9 Å². The highest BCUT2D eigenvalue weighted by atomic mass is 16.5. The highest BCUT2D eigenvalue weighted by molar-refractivity contribution is 5.80. The van der Waals surface area contributed by atoms with Crippen LogP contribution in [0.4, 0.5) is 0 Å². The van der Waals surface area contributed by atoms with Gasteiger partial charge in [0.05, 0.1) is 6.61 Å². The lowest BCUT2D eigenvalue weighted by Gasteiger charge is -2.09. The minimum atomic E-state index is 0.699. The summed E-state index contributed by atoms with van der Waals surface area (Å²) in [7, 11) is 0. The Balaban J connectivity index is 1.94. The van der Waals surface area contributed by atoms with Crippen molar-refractivity contribution in [3.05, 3.63) is 36.0 Å². The Hall–Kier alpha value is -1.32. The molecule has 2 rings (SSSR count). The number of fused-ring (bicyclic) bond motifs is 1. The summed E-state index contributed by atoms with van der Waals surface area (Å²) in [5, 5.41) is 1.29. The molecule has 0 aliphatic rings. The van der Waals surface area contributed by atoms with Crippen molar-refractivity contribution in [3.63, 3.8) is 0 Å². The average molecular weight is 274 g/mol. The van der Waals surface area contributed by atoms with Crippen LogP contribution in [0, 0.1) is 5.92 Å². The Kier molecular flexibility index (Phi) is 5.62. The highest BCUT2D eigenvalue weighted by Gasteiger charge is 2.02. The Bertz CT molecular complexity index is 531. The molecule has 0 amide bonds. The van der Waals surface area contributed by atoms with Crippen LogP contribution >= 0.6 is 0 Å². The van der Waals surface area contributed by atoms with E-state index in [0.717, 1.165) is 32.6 Å². The number of nitrogens with two attached hydrogens (primary N) is 1. The second-order valence-corrected chi connectivity index (χ2v) is 5.74. The molecule has 0 aliphatic carbocycles. The second kappa shape index (κ2) is 7.46. The van der Waals surface area contributed by atoms with Gasteiger partial charge >= 0.3 is 0 Å². The van der Waals surface area contributed by atoms with Crippen LogP contribution in [0.25, 0.3) is 10.9 Å². The van der Waals surface area contributed by atoms with Crippen molar-refractivity contribution in [2.24, 2.45) is 11.7 Å². The topological polar surface area (TPSA) is 40.2 Å². The number of nitrogens with zero attached hydrogens (tertiary/aromatic N) is 1. The van der Waals surface area contributed by atoms with Gasteiger partial charge in [-0.15, -0.1) is 0 Å². The lowest BCUT2D eigenvalue weighted by Crippen LogP contribution is -2.07. The molecule has 3 nitrogen and oxygen atoms in total. The predicted molar refractivity (Wildman–Crippen MR) is 85.0 cm³/mol. The van der Waals surface area contributed by atoms with E-state index in [-0.39, 0.29) is 0 Å². The van der Waals surface area contributed by atoms with Gasteiger partial charge in [-0.1, -0.05) is 26.0 Å². The maximum absolute atomic E-state index is 5.70. The number of aromatic nitrogens is 1. The maximum atomic E-state index is 5.70. The van der Waals surface area contributed by atoms with E-state index >= 15 is 0 Å². The third kappa shape index (κ3) is 4.09. The van der Waals surface area contributed by atoms with Crippen molar-refractivity contribution in [1.82, 2.24) is 4.57 Å². The Labute approximate surface area is 121 Å². The molecule has 1 heterocycles. The molecule has 2 aromatic rings. The quantitative estimate of drug-likeness (QED) is 0.751. The van der Waals surface area contributed by atoms with E-state index in [9.17, 15) is 0 Å². The Morgan fingerprint density at radius 2 is 2.05 bits per heavy atom. The zero-order valence-corrected chi connectivity index (χ0v) is 12.6. The number of ether oxygens (including phenoxy) is 1.